The Morgan fingerprint density at radius 1 is 0.409 bits per heavy atom. The second-order valence-corrected chi connectivity index (χ2v) is 11.1. The van der Waals surface area contributed by atoms with Gasteiger partial charge in [0, 0.05) is 27.5 Å². The number of hydrogen-bond donors (Lipinski definition) is 0. The van der Waals surface area contributed by atoms with Crippen LogP contribution in [-0.2, 0) is 0 Å². The Kier molecular flexibility index (Phi) is 5.47. The van der Waals surface area contributed by atoms with Gasteiger partial charge >= 0.3 is 0 Å². The third-order valence-corrected chi connectivity index (χ3v) is 8.55. The molecule has 2 heterocycles. The van der Waals surface area contributed by atoms with Crippen molar-refractivity contribution in [2.24, 2.45) is 0 Å². The van der Waals surface area contributed by atoms with E-state index in [0.717, 1.165) is 55.8 Å². The lowest BCUT2D eigenvalue weighted by Gasteiger charge is -2.27. The van der Waals surface area contributed by atoms with Crippen molar-refractivity contribution in [2.45, 2.75) is 0 Å². The van der Waals surface area contributed by atoms with Crippen molar-refractivity contribution in [1.82, 2.24) is 14.5 Å². The fourth-order valence-electron chi connectivity index (χ4n) is 6.62. The molecule has 2 aromatic heterocycles. The van der Waals surface area contributed by atoms with Crippen molar-refractivity contribution in [1.29, 1.82) is 0 Å². The number of benzene rings is 7. The van der Waals surface area contributed by atoms with Crippen LogP contribution >= 0.6 is 0 Å². The highest BCUT2D eigenvalue weighted by atomic mass is 15.1. The highest BCUT2D eigenvalue weighted by molar-refractivity contribution is 6.16. The standard InChI is InChI=1S/C40H26N4/c1-3-13-27(14-4-1)43(28-15-5-2-6-16-28)36-23-11-18-29-30-19-12-24-37(32(30)26-25-31(29)36)44-38-22-10-7-17-33(38)39-40(44)42-35-21-9-8-20-34(35)41-39/h1-26H. The summed E-state index contributed by atoms with van der Waals surface area (Å²) in [4.78, 5) is 12.6. The van der Waals surface area contributed by atoms with E-state index in [2.05, 4.69) is 143 Å². The maximum absolute atomic E-state index is 5.16. The van der Waals surface area contributed by atoms with Gasteiger partial charge in [-0.1, -0.05) is 103 Å². The van der Waals surface area contributed by atoms with Crippen LogP contribution in [0.2, 0.25) is 0 Å². The molecule has 4 nitrogen and oxygen atoms in total. The van der Waals surface area contributed by atoms with Gasteiger partial charge in [0.2, 0.25) is 0 Å². The Morgan fingerprint density at radius 3 is 1.73 bits per heavy atom. The average molecular weight is 563 g/mol. The molecule has 44 heavy (non-hydrogen) atoms. The highest BCUT2D eigenvalue weighted by Gasteiger charge is 2.19. The van der Waals surface area contributed by atoms with E-state index < -0.39 is 0 Å². The number of para-hydroxylation sites is 5. The maximum atomic E-state index is 5.16. The van der Waals surface area contributed by atoms with E-state index >= 15 is 0 Å². The molecule has 9 rings (SSSR count). The molecule has 0 aliphatic rings. The molecule has 0 fully saturated rings. The van der Waals surface area contributed by atoms with Crippen molar-refractivity contribution in [3.8, 4) is 5.69 Å². The summed E-state index contributed by atoms with van der Waals surface area (Å²) in [7, 11) is 0. The molecule has 4 heteroatoms. The predicted octanol–water partition coefficient (Wildman–Crippen LogP) is 10.5. The number of rotatable bonds is 4. The lowest BCUT2D eigenvalue weighted by atomic mass is 9.98. The van der Waals surface area contributed by atoms with Gasteiger partial charge in [0.05, 0.1) is 27.9 Å². The fraction of sp³-hybridized carbons (Fsp3) is 0. The molecule has 7 aromatic carbocycles. The van der Waals surface area contributed by atoms with Crippen molar-refractivity contribution in [3.05, 3.63) is 158 Å². The SMILES string of the molecule is c1ccc(N(c2ccccc2)c2cccc3c2ccc2c(-n4c5ccccc5c5nc6ccccc6nc54)cccc23)cc1. The van der Waals surface area contributed by atoms with Gasteiger partial charge in [0.1, 0.15) is 5.52 Å². The van der Waals surface area contributed by atoms with E-state index in [9.17, 15) is 0 Å². The smallest absolute Gasteiger partial charge is 0.165 e. The Balaban J connectivity index is 1.32. The lowest BCUT2D eigenvalue weighted by Crippen LogP contribution is -2.10. The van der Waals surface area contributed by atoms with Crippen molar-refractivity contribution in [3.63, 3.8) is 0 Å². The molecule has 0 radical (unpaired) electrons. The summed E-state index contributed by atoms with van der Waals surface area (Å²) >= 11 is 0. The van der Waals surface area contributed by atoms with E-state index in [4.69, 9.17) is 9.97 Å². The highest BCUT2D eigenvalue weighted by Crippen LogP contribution is 2.42. The zero-order valence-corrected chi connectivity index (χ0v) is 23.8. The van der Waals surface area contributed by atoms with Crippen LogP contribution in [0.4, 0.5) is 17.1 Å². The van der Waals surface area contributed by atoms with Gasteiger partial charge < -0.3 is 4.90 Å². The van der Waals surface area contributed by atoms with E-state index in [0.29, 0.717) is 0 Å². The van der Waals surface area contributed by atoms with Gasteiger partial charge in [-0.2, -0.15) is 0 Å². The summed E-state index contributed by atoms with van der Waals surface area (Å²) in [6.07, 6.45) is 0. The average Bonchev–Trinajstić information content (AvgIpc) is 3.41. The van der Waals surface area contributed by atoms with Crippen LogP contribution in [0.5, 0.6) is 0 Å². The lowest BCUT2D eigenvalue weighted by molar-refractivity contribution is 1.15. The van der Waals surface area contributed by atoms with Crippen LogP contribution < -0.4 is 4.90 Å². The Hall–Kier alpha value is -6.00. The van der Waals surface area contributed by atoms with Crippen molar-refractivity contribution in [2.75, 3.05) is 4.90 Å². The summed E-state index contributed by atoms with van der Waals surface area (Å²) in [5.74, 6) is 0. The maximum Gasteiger partial charge on any atom is 0.165 e. The summed E-state index contributed by atoms with van der Waals surface area (Å²) in [5, 5.41) is 5.86. The number of anilines is 3. The van der Waals surface area contributed by atoms with E-state index in [1.165, 1.54) is 21.5 Å². The van der Waals surface area contributed by atoms with Gasteiger partial charge in [0.25, 0.3) is 0 Å². The molecule has 9 aromatic rings. The first-order valence-corrected chi connectivity index (χ1v) is 14.9. The third kappa shape index (κ3) is 3.71. The molecule has 0 saturated carbocycles. The van der Waals surface area contributed by atoms with Crippen LogP contribution in [0.3, 0.4) is 0 Å². The Labute approximate surface area is 254 Å². The van der Waals surface area contributed by atoms with Crippen LogP contribution in [0.15, 0.2) is 158 Å². The van der Waals surface area contributed by atoms with Gasteiger partial charge in [-0.3, -0.25) is 4.57 Å². The van der Waals surface area contributed by atoms with Crippen molar-refractivity contribution >= 4 is 71.7 Å². The normalized spacial score (nSPS) is 11.6. The van der Waals surface area contributed by atoms with Crippen LogP contribution in [0, 0.1) is 0 Å². The molecule has 0 aliphatic carbocycles. The monoisotopic (exact) mass is 562 g/mol. The summed E-state index contributed by atoms with van der Waals surface area (Å²) in [6, 6.07) is 55.5. The molecule has 0 atom stereocenters. The number of aromatic nitrogens is 3. The first kappa shape index (κ1) is 24.6. The molecule has 0 saturated heterocycles. The van der Waals surface area contributed by atoms with E-state index in [-0.39, 0.29) is 0 Å². The predicted molar refractivity (Wildman–Crippen MR) is 184 cm³/mol. The molecule has 0 aliphatic heterocycles. The number of nitrogens with zero attached hydrogens (tertiary/aromatic N) is 4. The zero-order chi connectivity index (χ0) is 29.0. The molecule has 206 valence electrons. The molecule has 0 amide bonds. The minimum absolute atomic E-state index is 0.866. The second kappa shape index (κ2) is 9.79. The van der Waals surface area contributed by atoms with Gasteiger partial charge in [-0.15, -0.1) is 0 Å². The molecular weight excluding hydrogens is 536 g/mol. The van der Waals surface area contributed by atoms with E-state index in [1.807, 2.05) is 24.3 Å². The third-order valence-electron chi connectivity index (χ3n) is 8.55. The molecule has 0 N–H and O–H groups in total. The summed E-state index contributed by atoms with van der Waals surface area (Å²) in [5.41, 5.74) is 9.15. The quantitative estimate of drug-likeness (QED) is 0.200. The minimum Gasteiger partial charge on any atom is -0.310 e. The van der Waals surface area contributed by atoms with Crippen LogP contribution in [0.25, 0.3) is 60.3 Å². The largest absolute Gasteiger partial charge is 0.310 e. The molecular formula is C40H26N4. The van der Waals surface area contributed by atoms with E-state index in [1.54, 1.807) is 0 Å². The Morgan fingerprint density at radius 2 is 0.977 bits per heavy atom. The molecule has 0 bridgehead atoms. The number of fused-ring (bicyclic) bond motifs is 7. The summed E-state index contributed by atoms with van der Waals surface area (Å²) < 4.78 is 2.28. The van der Waals surface area contributed by atoms with Crippen molar-refractivity contribution < 1.29 is 0 Å². The van der Waals surface area contributed by atoms with Crippen LogP contribution in [-0.4, -0.2) is 14.5 Å². The first-order valence-electron chi connectivity index (χ1n) is 14.9. The van der Waals surface area contributed by atoms with Gasteiger partial charge in [-0.05, 0) is 65.4 Å². The summed E-state index contributed by atoms with van der Waals surface area (Å²) in [6.45, 7) is 0. The minimum atomic E-state index is 0.866. The molecule has 0 unspecified atom stereocenters. The first-order chi connectivity index (χ1) is 21.8. The van der Waals surface area contributed by atoms with Gasteiger partial charge in [-0.25, -0.2) is 9.97 Å². The number of hydrogen-bond acceptors (Lipinski definition) is 3. The topological polar surface area (TPSA) is 34.0 Å². The zero-order valence-electron chi connectivity index (χ0n) is 23.8. The molecule has 0 spiro atoms. The van der Waals surface area contributed by atoms with Crippen LogP contribution in [0.1, 0.15) is 0 Å². The Bertz CT molecular complexity index is 2460. The second-order valence-electron chi connectivity index (χ2n) is 11.1. The fourth-order valence-corrected chi connectivity index (χ4v) is 6.62. The van der Waals surface area contributed by atoms with Gasteiger partial charge in [0.15, 0.2) is 5.65 Å².